The Balaban J connectivity index is 2.36. The highest BCUT2D eigenvalue weighted by atomic mass is 16.1. The minimum atomic E-state index is -0.477. The number of carbonyl (C=O) groups is 1. The Morgan fingerprint density at radius 1 is 1.62 bits per heavy atom. The van der Waals surface area contributed by atoms with Crippen LogP contribution in [-0.2, 0) is 0 Å². The van der Waals surface area contributed by atoms with Crippen LogP contribution in [-0.4, -0.2) is 24.0 Å². The molecular weight excluding hydrogens is 204 g/mol. The summed E-state index contributed by atoms with van der Waals surface area (Å²) in [5.41, 5.74) is 11.8. The van der Waals surface area contributed by atoms with E-state index in [-0.39, 0.29) is 0 Å². The quantitative estimate of drug-likeness (QED) is 0.764. The van der Waals surface area contributed by atoms with Gasteiger partial charge in [-0.1, -0.05) is 6.92 Å². The van der Waals surface area contributed by atoms with E-state index in [0.717, 1.165) is 19.5 Å². The zero-order chi connectivity index (χ0) is 11.7. The predicted molar refractivity (Wildman–Crippen MR) is 63.2 cm³/mol. The van der Waals surface area contributed by atoms with Gasteiger partial charge in [-0.15, -0.1) is 0 Å². The molecule has 1 aliphatic rings. The van der Waals surface area contributed by atoms with Gasteiger partial charge in [0.25, 0.3) is 5.91 Å². The number of nitrogens with two attached hydrogens (primary N) is 2. The van der Waals surface area contributed by atoms with Crippen LogP contribution in [0.5, 0.6) is 0 Å². The standard InChI is InChI=1S/C11H16N4O/c1-7-2-3-15(6-7)11-9(10(13)16)4-8(12)5-14-11/h4-5,7H,2-3,6,12H2,1H3,(H2,13,16). The molecular formula is C11H16N4O. The largest absolute Gasteiger partial charge is 0.397 e. The summed E-state index contributed by atoms with van der Waals surface area (Å²) in [6.45, 7) is 4.01. The lowest BCUT2D eigenvalue weighted by Gasteiger charge is -2.19. The number of primary amides is 1. The first-order valence-electron chi connectivity index (χ1n) is 5.38. The first-order valence-corrected chi connectivity index (χ1v) is 5.38. The lowest BCUT2D eigenvalue weighted by atomic mass is 10.2. The maximum Gasteiger partial charge on any atom is 0.252 e. The molecule has 2 rings (SSSR count). The Morgan fingerprint density at radius 2 is 2.38 bits per heavy atom. The average molecular weight is 220 g/mol. The number of rotatable bonds is 2. The summed E-state index contributed by atoms with van der Waals surface area (Å²) in [5, 5.41) is 0. The minimum absolute atomic E-state index is 0.411. The van der Waals surface area contributed by atoms with E-state index in [9.17, 15) is 4.79 Å². The van der Waals surface area contributed by atoms with Crippen molar-refractivity contribution in [1.82, 2.24) is 4.98 Å². The molecule has 1 atom stereocenters. The Kier molecular flexibility index (Phi) is 2.68. The lowest BCUT2D eigenvalue weighted by Crippen LogP contribution is -2.25. The van der Waals surface area contributed by atoms with Crippen LogP contribution in [0.15, 0.2) is 12.3 Å². The third-order valence-corrected chi connectivity index (χ3v) is 2.88. The molecule has 1 fully saturated rings. The van der Waals surface area contributed by atoms with Crippen molar-refractivity contribution in [2.75, 3.05) is 23.7 Å². The molecule has 0 spiro atoms. The summed E-state index contributed by atoms with van der Waals surface area (Å²) in [6.07, 6.45) is 2.68. The summed E-state index contributed by atoms with van der Waals surface area (Å²) in [5.74, 6) is 0.806. The molecule has 1 aliphatic heterocycles. The Hall–Kier alpha value is -1.78. The molecule has 1 amide bonds. The van der Waals surface area contributed by atoms with Gasteiger partial charge in [-0.25, -0.2) is 4.98 Å². The van der Waals surface area contributed by atoms with E-state index in [1.807, 2.05) is 0 Å². The van der Waals surface area contributed by atoms with Crippen LogP contribution in [0.4, 0.5) is 11.5 Å². The molecule has 0 radical (unpaired) electrons. The van der Waals surface area contributed by atoms with Gasteiger partial charge in [-0.2, -0.15) is 0 Å². The van der Waals surface area contributed by atoms with Crippen molar-refractivity contribution >= 4 is 17.4 Å². The van der Waals surface area contributed by atoms with Gasteiger partial charge in [0, 0.05) is 13.1 Å². The van der Waals surface area contributed by atoms with Gasteiger partial charge < -0.3 is 16.4 Å². The molecule has 1 aromatic heterocycles. The highest BCUT2D eigenvalue weighted by Crippen LogP contribution is 2.25. The lowest BCUT2D eigenvalue weighted by molar-refractivity contribution is 0.100. The van der Waals surface area contributed by atoms with Gasteiger partial charge in [0.2, 0.25) is 0 Å². The Morgan fingerprint density at radius 3 is 2.94 bits per heavy atom. The Bertz CT molecular complexity index is 418. The summed E-state index contributed by atoms with van der Waals surface area (Å²) in [7, 11) is 0. The summed E-state index contributed by atoms with van der Waals surface area (Å²) in [6, 6.07) is 1.59. The SMILES string of the molecule is CC1CCN(c2ncc(N)cc2C(N)=O)C1. The molecule has 0 aromatic carbocycles. The monoisotopic (exact) mass is 220 g/mol. The van der Waals surface area contributed by atoms with Crippen molar-refractivity contribution in [2.24, 2.45) is 11.7 Å². The topological polar surface area (TPSA) is 85.2 Å². The van der Waals surface area contributed by atoms with Crippen LogP contribution >= 0.6 is 0 Å². The fourth-order valence-corrected chi connectivity index (χ4v) is 2.03. The predicted octanol–water partition coefficient (Wildman–Crippen LogP) is 0.609. The van der Waals surface area contributed by atoms with Gasteiger partial charge in [0.15, 0.2) is 0 Å². The first kappa shape index (κ1) is 10.7. The molecule has 1 saturated heterocycles. The fraction of sp³-hybridized carbons (Fsp3) is 0.455. The fourth-order valence-electron chi connectivity index (χ4n) is 2.03. The van der Waals surface area contributed by atoms with Crippen molar-refractivity contribution in [3.63, 3.8) is 0 Å². The van der Waals surface area contributed by atoms with E-state index in [0.29, 0.717) is 23.0 Å². The molecule has 5 nitrogen and oxygen atoms in total. The van der Waals surface area contributed by atoms with Crippen LogP contribution < -0.4 is 16.4 Å². The second kappa shape index (κ2) is 4.00. The number of nitrogens with zero attached hydrogens (tertiary/aromatic N) is 2. The number of carbonyl (C=O) groups excluding carboxylic acids is 1. The molecule has 2 heterocycles. The smallest absolute Gasteiger partial charge is 0.252 e. The van der Waals surface area contributed by atoms with Gasteiger partial charge in [0.05, 0.1) is 17.4 Å². The average Bonchev–Trinajstić information content (AvgIpc) is 2.64. The molecule has 1 aromatic rings. The van der Waals surface area contributed by atoms with E-state index < -0.39 is 5.91 Å². The molecule has 4 N–H and O–H groups in total. The first-order chi connectivity index (χ1) is 7.58. The maximum absolute atomic E-state index is 11.3. The van der Waals surface area contributed by atoms with Gasteiger partial charge in [-0.05, 0) is 18.4 Å². The number of amides is 1. The van der Waals surface area contributed by atoms with Crippen LogP contribution in [0.2, 0.25) is 0 Å². The maximum atomic E-state index is 11.3. The molecule has 0 aliphatic carbocycles. The highest BCUT2D eigenvalue weighted by molar-refractivity contribution is 5.98. The third kappa shape index (κ3) is 1.93. The summed E-state index contributed by atoms with van der Waals surface area (Å²) < 4.78 is 0. The van der Waals surface area contributed by atoms with E-state index in [1.54, 1.807) is 12.3 Å². The normalized spacial score (nSPS) is 20.1. The van der Waals surface area contributed by atoms with Gasteiger partial charge in [-0.3, -0.25) is 4.79 Å². The van der Waals surface area contributed by atoms with Crippen molar-refractivity contribution in [3.8, 4) is 0 Å². The van der Waals surface area contributed by atoms with Crippen molar-refractivity contribution in [3.05, 3.63) is 17.8 Å². The number of hydrogen-bond donors (Lipinski definition) is 2. The molecule has 0 bridgehead atoms. The summed E-state index contributed by atoms with van der Waals surface area (Å²) >= 11 is 0. The molecule has 5 heteroatoms. The van der Waals surface area contributed by atoms with Crippen molar-refractivity contribution in [1.29, 1.82) is 0 Å². The Labute approximate surface area is 94.4 Å². The number of nitrogen functional groups attached to an aromatic ring is 1. The second-order valence-electron chi connectivity index (χ2n) is 4.34. The van der Waals surface area contributed by atoms with Gasteiger partial charge in [0.1, 0.15) is 5.82 Å². The molecule has 1 unspecified atom stereocenters. The van der Waals surface area contributed by atoms with E-state index in [1.165, 1.54) is 0 Å². The van der Waals surface area contributed by atoms with Crippen LogP contribution in [0.3, 0.4) is 0 Å². The van der Waals surface area contributed by atoms with Crippen LogP contribution in [0.1, 0.15) is 23.7 Å². The van der Waals surface area contributed by atoms with Crippen LogP contribution in [0.25, 0.3) is 0 Å². The third-order valence-electron chi connectivity index (χ3n) is 2.88. The van der Waals surface area contributed by atoms with Crippen LogP contribution in [0, 0.1) is 5.92 Å². The van der Waals surface area contributed by atoms with Crippen molar-refractivity contribution < 1.29 is 4.79 Å². The number of hydrogen-bond acceptors (Lipinski definition) is 4. The molecule has 86 valence electrons. The minimum Gasteiger partial charge on any atom is -0.397 e. The number of aromatic nitrogens is 1. The van der Waals surface area contributed by atoms with E-state index in [4.69, 9.17) is 11.5 Å². The number of anilines is 2. The van der Waals surface area contributed by atoms with E-state index in [2.05, 4.69) is 16.8 Å². The zero-order valence-corrected chi connectivity index (χ0v) is 9.31. The number of pyridine rings is 1. The zero-order valence-electron chi connectivity index (χ0n) is 9.31. The highest BCUT2D eigenvalue weighted by Gasteiger charge is 2.23. The van der Waals surface area contributed by atoms with E-state index >= 15 is 0 Å². The van der Waals surface area contributed by atoms with Crippen molar-refractivity contribution in [2.45, 2.75) is 13.3 Å². The van der Waals surface area contributed by atoms with Gasteiger partial charge >= 0.3 is 0 Å². The second-order valence-corrected chi connectivity index (χ2v) is 4.34. The summed E-state index contributed by atoms with van der Waals surface area (Å²) in [4.78, 5) is 17.6. The molecule has 16 heavy (non-hydrogen) atoms. The molecule has 0 saturated carbocycles.